The number of fused-ring (bicyclic) bond motifs is 3. The molecule has 7 heteroatoms. The number of nitrogens with two attached hydrogens (primary N) is 1. The smallest absolute Gasteiger partial charge is 0.140 e. The predicted molar refractivity (Wildman–Crippen MR) is 97.0 cm³/mol. The Balaban J connectivity index is 2.20. The van der Waals surface area contributed by atoms with Crippen LogP contribution in [0.15, 0.2) is 34.2 Å². The number of nitrogen functional groups attached to an aromatic ring is 1. The van der Waals surface area contributed by atoms with Gasteiger partial charge in [0.2, 0.25) is 0 Å². The molecule has 6 nitrogen and oxygen atoms in total. The Bertz CT molecular complexity index is 805. The number of aromatic nitrogens is 2. The number of halogens is 1. The maximum absolute atomic E-state index is 6.17. The Hall–Kier alpha value is -1.99. The Morgan fingerprint density at radius 3 is 2.75 bits per heavy atom. The van der Waals surface area contributed by atoms with Crippen molar-refractivity contribution in [2.24, 2.45) is 5.16 Å². The second-order valence-corrected chi connectivity index (χ2v) is 6.98. The summed E-state index contributed by atoms with van der Waals surface area (Å²) in [6.45, 7) is 4.96. The van der Waals surface area contributed by atoms with E-state index in [1.807, 2.05) is 32.0 Å². The fraction of sp³-hybridized carbons (Fsp3) is 0.353. The minimum Gasteiger partial charge on any atom is -0.393 e. The van der Waals surface area contributed by atoms with Crippen LogP contribution >= 0.6 is 15.9 Å². The lowest BCUT2D eigenvalue weighted by atomic mass is 9.70. The van der Waals surface area contributed by atoms with E-state index in [1.54, 1.807) is 7.11 Å². The maximum Gasteiger partial charge on any atom is 0.140 e. The van der Waals surface area contributed by atoms with Gasteiger partial charge in [-0.1, -0.05) is 27.2 Å². The number of oxime groups is 1. The van der Waals surface area contributed by atoms with Crippen molar-refractivity contribution in [2.45, 2.75) is 19.3 Å². The molecule has 0 saturated carbocycles. The minimum atomic E-state index is -0.485. The maximum atomic E-state index is 6.17. The molecule has 0 atom stereocenters. The van der Waals surface area contributed by atoms with E-state index in [0.29, 0.717) is 19.0 Å². The van der Waals surface area contributed by atoms with Crippen molar-refractivity contribution in [1.82, 2.24) is 9.97 Å². The molecule has 1 aromatic carbocycles. The molecule has 0 saturated heterocycles. The summed E-state index contributed by atoms with van der Waals surface area (Å²) in [6, 6.07) is 6.00. The molecule has 2 aromatic rings. The van der Waals surface area contributed by atoms with Crippen molar-refractivity contribution in [1.29, 1.82) is 0 Å². The molecule has 0 amide bonds. The van der Waals surface area contributed by atoms with Crippen LogP contribution in [0, 0.1) is 0 Å². The van der Waals surface area contributed by atoms with Gasteiger partial charge in [0, 0.05) is 33.7 Å². The van der Waals surface area contributed by atoms with Gasteiger partial charge in [0.25, 0.3) is 0 Å². The first-order valence-electron chi connectivity index (χ1n) is 7.57. The van der Waals surface area contributed by atoms with Crippen LogP contribution < -0.4 is 5.73 Å². The van der Waals surface area contributed by atoms with Gasteiger partial charge in [0.1, 0.15) is 18.8 Å². The second-order valence-electron chi connectivity index (χ2n) is 6.06. The molecule has 3 rings (SSSR count). The van der Waals surface area contributed by atoms with Crippen LogP contribution in [0.5, 0.6) is 0 Å². The summed E-state index contributed by atoms with van der Waals surface area (Å²) in [4.78, 5) is 14.1. The van der Waals surface area contributed by atoms with Crippen molar-refractivity contribution < 1.29 is 9.57 Å². The summed E-state index contributed by atoms with van der Waals surface area (Å²) >= 11 is 3.53. The highest BCUT2D eigenvalue weighted by Crippen LogP contribution is 2.44. The molecule has 1 aliphatic rings. The summed E-state index contributed by atoms with van der Waals surface area (Å²) in [5, 5.41) is 4.40. The van der Waals surface area contributed by atoms with E-state index >= 15 is 0 Å². The number of hydrogen-bond acceptors (Lipinski definition) is 6. The Morgan fingerprint density at radius 2 is 2.00 bits per heavy atom. The third-order valence-corrected chi connectivity index (χ3v) is 4.61. The molecule has 0 aliphatic heterocycles. The first kappa shape index (κ1) is 16.9. The monoisotopic (exact) mass is 390 g/mol. The number of nitrogens with zero attached hydrogens (tertiary/aromatic N) is 3. The highest BCUT2D eigenvalue weighted by molar-refractivity contribution is 9.10. The van der Waals surface area contributed by atoms with E-state index in [1.165, 1.54) is 6.33 Å². The second kappa shape index (κ2) is 6.49. The van der Waals surface area contributed by atoms with Crippen LogP contribution in [0.1, 0.15) is 25.0 Å². The van der Waals surface area contributed by atoms with Crippen LogP contribution in [0.4, 0.5) is 5.82 Å². The lowest BCUT2D eigenvalue weighted by Gasteiger charge is -2.34. The third-order valence-electron chi connectivity index (χ3n) is 4.12. The largest absolute Gasteiger partial charge is 0.393 e. The van der Waals surface area contributed by atoms with E-state index in [9.17, 15) is 0 Å². The van der Waals surface area contributed by atoms with Crippen LogP contribution in [0.25, 0.3) is 11.3 Å². The zero-order chi connectivity index (χ0) is 17.3. The summed E-state index contributed by atoms with van der Waals surface area (Å²) in [7, 11) is 1.63. The van der Waals surface area contributed by atoms with Crippen molar-refractivity contribution in [3.63, 3.8) is 0 Å². The Kier molecular flexibility index (Phi) is 4.56. The van der Waals surface area contributed by atoms with Gasteiger partial charge < -0.3 is 15.3 Å². The number of hydrogen-bond donors (Lipinski definition) is 1. The molecule has 2 N–H and O–H groups in total. The Labute approximate surface area is 149 Å². The van der Waals surface area contributed by atoms with Crippen LogP contribution in [0.3, 0.4) is 0 Å². The highest BCUT2D eigenvalue weighted by Gasteiger charge is 2.40. The fourth-order valence-corrected chi connectivity index (χ4v) is 3.35. The topological polar surface area (TPSA) is 82.6 Å². The average molecular weight is 391 g/mol. The molecule has 24 heavy (non-hydrogen) atoms. The van der Waals surface area contributed by atoms with Gasteiger partial charge in [0.05, 0.1) is 18.0 Å². The SMILES string of the molecule is COCCO/N=C1\c2cc(Br)ccc2-c2ncnc(N)c2C1(C)C. The van der Waals surface area contributed by atoms with Gasteiger partial charge in [-0.3, -0.25) is 0 Å². The third kappa shape index (κ3) is 2.78. The summed E-state index contributed by atoms with van der Waals surface area (Å²) in [6.07, 6.45) is 1.49. The minimum absolute atomic E-state index is 0.382. The van der Waals surface area contributed by atoms with Crippen LogP contribution in [-0.4, -0.2) is 36.0 Å². The molecule has 0 fully saturated rings. The number of benzene rings is 1. The van der Waals surface area contributed by atoms with Crippen molar-refractivity contribution >= 4 is 27.5 Å². The van der Waals surface area contributed by atoms with Gasteiger partial charge in [-0.05, 0) is 26.0 Å². The van der Waals surface area contributed by atoms with E-state index in [4.69, 9.17) is 15.3 Å². The first-order chi connectivity index (χ1) is 11.5. The molecule has 1 aromatic heterocycles. The molecular weight excluding hydrogens is 372 g/mol. The van der Waals surface area contributed by atoms with Crippen molar-refractivity contribution in [3.8, 4) is 11.3 Å². The Morgan fingerprint density at radius 1 is 1.21 bits per heavy atom. The lowest BCUT2D eigenvalue weighted by Crippen LogP contribution is -2.36. The lowest BCUT2D eigenvalue weighted by molar-refractivity contribution is 0.0743. The van der Waals surface area contributed by atoms with Gasteiger partial charge in [-0.2, -0.15) is 0 Å². The van der Waals surface area contributed by atoms with Crippen LogP contribution in [0.2, 0.25) is 0 Å². The van der Waals surface area contributed by atoms with Crippen LogP contribution in [-0.2, 0) is 15.0 Å². The number of ether oxygens (including phenoxy) is 1. The molecule has 1 heterocycles. The quantitative estimate of drug-likeness (QED) is 0.640. The summed E-state index contributed by atoms with van der Waals surface area (Å²) < 4.78 is 5.97. The molecular formula is C17H19BrN4O2. The average Bonchev–Trinajstić information content (AvgIpc) is 2.53. The van der Waals surface area contributed by atoms with Crippen molar-refractivity contribution in [3.05, 3.63) is 40.1 Å². The fourth-order valence-electron chi connectivity index (χ4n) is 2.99. The molecule has 0 unspecified atom stereocenters. The normalized spacial score (nSPS) is 16.6. The van der Waals surface area contributed by atoms with Gasteiger partial charge in [-0.25, -0.2) is 9.97 Å². The molecule has 0 radical (unpaired) electrons. The summed E-state index contributed by atoms with van der Waals surface area (Å²) in [5.41, 5.74) is 10.1. The molecule has 126 valence electrons. The van der Waals surface area contributed by atoms with E-state index in [2.05, 4.69) is 31.1 Å². The predicted octanol–water partition coefficient (Wildman–Crippen LogP) is 3.15. The standard InChI is InChI=1S/C17H19BrN4O2/c1-17(2)13-14(20-9-21-16(13)19)11-5-4-10(18)8-12(11)15(17)22-24-7-6-23-3/h4-5,8-9H,6-7H2,1-3H3,(H2,19,20,21)/b22-15+. The molecule has 1 aliphatic carbocycles. The highest BCUT2D eigenvalue weighted by atomic mass is 79.9. The van der Waals surface area contributed by atoms with Gasteiger partial charge in [0.15, 0.2) is 0 Å². The van der Waals surface area contributed by atoms with Crippen molar-refractivity contribution in [2.75, 3.05) is 26.1 Å². The number of methoxy groups -OCH3 is 1. The number of anilines is 1. The zero-order valence-corrected chi connectivity index (χ0v) is 15.4. The van der Waals surface area contributed by atoms with Gasteiger partial charge in [-0.15, -0.1) is 0 Å². The molecule has 0 bridgehead atoms. The van der Waals surface area contributed by atoms with E-state index in [-0.39, 0.29) is 0 Å². The van der Waals surface area contributed by atoms with E-state index in [0.717, 1.165) is 32.6 Å². The molecule has 0 spiro atoms. The van der Waals surface area contributed by atoms with Gasteiger partial charge >= 0.3 is 0 Å². The van der Waals surface area contributed by atoms with E-state index < -0.39 is 5.41 Å². The first-order valence-corrected chi connectivity index (χ1v) is 8.36. The summed E-state index contributed by atoms with van der Waals surface area (Å²) in [5.74, 6) is 0.461. The number of rotatable bonds is 4. The zero-order valence-electron chi connectivity index (χ0n) is 13.8.